The average molecular weight is 448 g/mol. The molecule has 0 atom stereocenters. The third kappa shape index (κ3) is 4.08. The first-order valence-electron chi connectivity index (χ1n) is 9.07. The van der Waals surface area contributed by atoms with Gasteiger partial charge in [0.2, 0.25) is 0 Å². The first-order chi connectivity index (χ1) is 15.0. The van der Waals surface area contributed by atoms with Crippen LogP contribution in [0.3, 0.4) is 0 Å². The minimum atomic E-state index is -0.902. The Morgan fingerprint density at radius 3 is 2.58 bits per heavy atom. The van der Waals surface area contributed by atoms with Crippen molar-refractivity contribution < 1.29 is 9.21 Å². The molecule has 0 spiro atoms. The van der Waals surface area contributed by atoms with Gasteiger partial charge in [0.15, 0.2) is 5.57 Å². The minimum absolute atomic E-state index is 0.166. The van der Waals surface area contributed by atoms with E-state index < -0.39 is 5.91 Å². The summed E-state index contributed by atoms with van der Waals surface area (Å²) in [6.07, 6.45) is 1.57. The number of primary amides is 1. The summed E-state index contributed by atoms with van der Waals surface area (Å²) in [7, 11) is 0. The van der Waals surface area contributed by atoms with Crippen LogP contribution in [0.25, 0.3) is 28.7 Å². The van der Waals surface area contributed by atoms with Crippen LogP contribution in [0.15, 0.2) is 75.9 Å². The van der Waals surface area contributed by atoms with Gasteiger partial charge < -0.3 is 10.2 Å². The highest BCUT2D eigenvalue weighted by molar-refractivity contribution is 7.07. The monoisotopic (exact) mass is 447 g/mol. The second-order valence-electron chi connectivity index (χ2n) is 6.46. The summed E-state index contributed by atoms with van der Waals surface area (Å²) in [5.74, 6) is 0.134. The molecular weight excluding hydrogens is 434 g/mol. The molecule has 4 rings (SSSR count). The van der Waals surface area contributed by atoms with Crippen molar-refractivity contribution >= 4 is 40.5 Å². The Morgan fingerprint density at radius 2 is 1.90 bits per heavy atom. The van der Waals surface area contributed by atoms with Gasteiger partial charge in [0.1, 0.15) is 22.3 Å². The van der Waals surface area contributed by atoms with Crippen molar-refractivity contribution in [1.29, 1.82) is 5.26 Å². The molecule has 4 aromatic rings. The third-order valence-corrected chi connectivity index (χ3v) is 5.75. The number of amides is 1. The number of carbonyl (C=O) groups is 1. The zero-order valence-electron chi connectivity index (χ0n) is 15.9. The summed E-state index contributed by atoms with van der Waals surface area (Å²) in [4.78, 5) is 25.0. The molecule has 0 saturated heterocycles. The van der Waals surface area contributed by atoms with Crippen LogP contribution < -0.4 is 20.5 Å². The van der Waals surface area contributed by atoms with E-state index in [0.29, 0.717) is 26.8 Å². The molecule has 31 heavy (non-hydrogen) atoms. The molecule has 0 saturated carbocycles. The number of benzene rings is 2. The number of nitriles is 1. The maximum absolute atomic E-state index is 13.2. The lowest BCUT2D eigenvalue weighted by Crippen LogP contribution is -2.32. The highest BCUT2D eigenvalue weighted by Gasteiger charge is 2.15. The van der Waals surface area contributed by atoms with Crippen LogP contribution in [-0.2, 0) is 4.79 Å². The van der Waals surface area contributed by atoms with E-state index >= 15 is 0 Å². The number of thiazole rings is 1. The maximum Gasteiger partial charge on any atom is 0.273 e. The Kier molecular flexibility index (Phi) is 5.58. The summed E-state index contributed by atoms with van der Waals surface area (Å²) >= 11 is 7.04. The first kappa shape index (κ1) is 20.4. The Balaban J connectivity index is 1.93. The number of carbonyl (C=O) groups excluding carboxylic acids is 1. The van der Waals surface area contributed by atoms with Crippen LogP contribution in [0, 0.1) is 11.3 Å². The van der Waals surface area contributed by atoms with Crippen LogP contribution in [-0.4, -0.2) is 10.5 Å². The Morgan fingerprint density at radius 1 is 1.13 bits per heavy atom. The smallest absolute Gasteiger partial charge is 0.273 e. The summed E-state index contributed by atoms with van der Waals surface area (Å²) < 4.78 is 7.62. The maximum atomic E-state index is 13.2. The number of rotatable bonds is 4. The molecule has 2 heterocycles. The molecule has 0 fully saturated rings. The molecule has 2 aromatic carbocycles. The quantitative estimate of drug-likeness (QED) is 0.519. The van der Waals surface area contributed by atoms with Crippen molar-refractivity contribution in [2.45, 2.75) is 0 Å². The molecule has 2 N–H and O–H groups in total. The molecule has 152 valence electrons. The first-order valence-corrected chi connectivity index (χ1v) is 10.3. The second kappa shape index (κ2) is 8.48. The molecule has 0 aliphatic rings. The predicted molar refractivity (Wildman–Crippen MR) is 120 cm³/mol. The van der Waals surface area contributed by atoms with Crippen LogP contribution in [0.4, 0.5) is 0 Å². The summed E-state index contributed by atoms with van der Waals surface area (Å²) in [5.41, 5.74) is 6.02. The Labute approximate surface area is 185 Å². The van der Waals surface area contributed by atoms with Gasteiger partial charge in [-0.15, -0.1) is 11.3 Å². The highest BCUT2D eigenvalue weighted by Crippen LogP contribution is 2.25. The highest BCUT2D eigenvalue weighted by atomic mass is 35.5. The van der Waals surface area contributed by atoms with E-state index in [-0.39, 0.29) is 15.8 Å². The number of nitrogens with zero attached hydrogens (tertiary/aromatic N) is 2. The van der Waals surface area contributed by atoms with E-state index in [2.05, 4.69) is 0 Å². The number of nitrogens with two attached hydrogens (primary N) is 1. The van der Waals surface area contributed by atoms with Crippen LogP contribution in [0.1, 0.15) is 5.76 Å². The summed E-state index contributed by atoms with van der Waals surface area (Å²) in [5, 5.41) is 10.0. The molecule has 1 amide bonds. The van der Waals surface area contributed by atoms with Crippen LogP contribution in [0.5, 0.6) is 0 Å². The Bertz CT molecular complexity index is 1510. The number of furan rings is 1. The van der Waals surface area contributed by atoms with Crippen molar-refractivity contribution in [3.63, 3.8) is 0 Å². The molecule has 8 heteroatoms. The van der Waals surface area contributed by atoms with E-state index in [1.165, 1.54) is 4.57 Å². The zero-order valence-corrected chi connectivity index (χ0v) is 17.5. The van der Waals surface area contributed by atoms with Gasteiger partial charge in [-0.2, -0.15) is 5.26 Å². The molecule has 2 aromatic heterocycles. The second-order valence-corrected chi connectivity index (χ2v) is 7.92. The number of hydrogen-bond acceptors (Lipinski definition) is 5. The lowest BCUT2D eigenvalue weighted by molar-refractivity contribution is -0.112. The average Bonchev–Trinajstić information content (AvgIpc) is 3.34. The van der Waals surface area contributed by atoms with Gasteiger partial charge in [-0.25, -0.2) is 0 Å². The molecule has 0 aliphatic heterocycles. The van der Waals surface area contributed by atoms with Crippen LogP contribution >= 0.6 is 22.9 Å². The number of aromatic nitrogens is 1. The molecule has 0 unspecified atom stereocenters. The molecule has 6 nitrogen and oxygen atoms in total. The van der Waals surface area contributed by atoms with Gasteiger partial charge in [0, 0.05) is 16.7 Å². The predicted octanol–water partition coefficient (Wildman–Crippen LogP) is 2.80. The lowest BCUT2D eigenvalue weighted by atomic mass is 10.2. The van der Waals surface area contributed by atoms with E-state index in [9.17, 15) is 14.9 Å². The van der Waals surface area contributed by atoms with Gasteiger partial charge in [0.25, 0.3) is 11.5 Å². The summed E-state index contributed by atoms with van der Waals surface area (Å²) in [6.45, 7) is 0. The Hall–Kier alpha value is -3.86. The molecule has 0 radical (unpaired) electrons. The van der Waals surface area contributed by atoms with Gasteiger partial charge >= 0.3 is 0 Å². The van der Waals surface area contributed by atoms with Crippen molar-refractivity contribution in [3.05, 3.63) is 97.1 Å². The van der Waals surface area contributed by atoms with E-state index in [0.717, 1.165) is 16.9 Å². The topological polar surface area (TPSA) is 102 Å². The van der Waals surface area contributed by atoms with Crippen molar-refractivity contribution in [2.75, 3.05) is 0 Å². The van der Waals surface area contributed by atoms with E-state index in [1.807, 2.05) is 12.1 Å². The minimum Gasteiger partial charge on any atom is -0.457 e. The van der Waals surface area contributed by atoms with Crippen LogP contribution in [0.2, 0.25) is 5.02 Å². The summed E-state index contributed by atoms with van der Waals surface area (Å²) in [6, 6.07) is 21.3. The molecule has 0 bridgehead atoms. The fraction of sp³-hybridized carbons (Fsp3) is 0. The van der Waals surface area contributed by atoms with Crippen molar-refractivity contribution in [2.24, 2.45) is 5.73 Å². The fourth-order valence-electron chi connectivity index (χ4n) is 3.03. The van der Waals surface area contributed by atoms with Gasteiger partial charge in [0.05, 0.1) is 10.2 Å². The van der Waals surface area contributed by atoms with Gasteiger partial charge in [-0.1, -0.05) is 41.9 Å². The number of hydrogen-bond donors (Lipinski definition) is 1. The fourth-order valence-corrected chi connectivity index (χ4v) is 4.31. The standard InChI is InChI=1S/C23H14ClN3O3S/c24-15-6-4-5-14(11-15)19-10-9-17(30-19)12-20-22(29)27(16-7-2-1-3-8-16)23(31-20)18(13-25)21(26)28/h1-12H,(H2,26,28)/b20-12+,23-18+. The third-order valence-electron chi connectivity index (χ3n) is 4.42. The zero-order chi connectivity index (χ0) is 22.0. The van der Waals surface area contributed by atoms with Crippen molar-refractivity contribution in [1.82, 2.24) is 4.57 Å². The van der Waals surface area contributed by atoms with Gasteiger partial charge in [-0.3, -0.25) is 14.2 Å². The number of halogens is 1. The lowest BCUT2D eigenvalue weighted by Gasteiger charge is -2.01. The SMILES string of the molecule is N#C/C(C(N)=O)=c1\s/c(=C/c2ccc(-c3cccc(Cl)c3)o2)c(=O)n1-c1ccccc1. The normalized spacial score (nSPS) is 12.5. The van der Waals surface area contributed by atoms with E-state index in [4.69, 9.17) is 21.8 Å². The van der Waals surface area contributed by atoms with Gasteiger partial charge in [-0.05, 0) is 36.4 Å². The molecular formula is C23H14ClN3O3S. The largest absolute Gasteiger partial charge is 0.457 e. The van der Waals surface area contributed by atoms with E-state index in [1.54, 1.807) is 66.7 Å². The van der Waals surface area contributed by atoms with Crippen molar-refractivity contribution in [3.8, 4) is 23.1 Å². The molecule has 0 aliphatic carbocycles. The number of para-hydroxylation sites is 1.